The summed E-state index contributed by atoms with van der Waals surface area (Å²) in [6, 6.07) is 3.86. The Morgan fingerprint density at radius 3 is 2.26 bits per heavy atom. The summed E-state index contributed by atoms with van der Waals surface area (Å²) in [4.78, 5) is 46.0. The van der Waals surface area contributed by atoms with E-state index in [1.807, 2.05) is 38.3 Å². The molecule has 0 saturated carbocycles. The molecule has 4 aromatic rings. The number of fused-ring (bicyclic) bond motifs is 3. The fourth-order valence-electron chi connectivity index (χ4n) is 4.29. The summed E-state index contributed by atoms with van der Waals surface area (Å²) in [5.41, 5.74) is -0.833. The molecule has 0 saturated heterocycles. The molecule has 9 nitrogen and oxygen atoms in total. The lowest BCUT2D eigenvalue weighted by Gasteiger charge is -2.13. The van der Waals surface area contributed by atoms with Crippen molar-refractivity contribution in [1.82, 2.24) is 23.1 Å². The number of imidazole rings is 1. The van der Waals surface area contributed by atoms with Crippen molar-refractivity contribution in [3.8, 4) is 5.88 Å². The van der Waals surface area contributed by atoms with Gasteiger partial charge in [0, 0.05) is 18.0 Å². The molecule has 0 atom stereocenters. The van der Waals surface area contributed by atoms with Crippen LogP contribution < -0.4 is 16.8 Å². The lowest BCUT2D eigenvalue weighted by atomic mass is 10.2. The molecule has 4 heterocycles. The van der Waals surface area contributed by atoms with Crippen LogP contribution in [0.15, 0.2) is 31.9 Å². The van der Waals surface area contributed by atoms with Crippen LogP contribution in [0.5, 0.6) is 5.88 Å². The van der Waals surface area contributed by atoms with Crippen molar-refractivity contribution in [2.24, 2.45) is 0 Å². The van der Waals surface area contributed by atoms with E-state index in [9.17, 15) is 19.5 Å². The number of thiophene rings is 1. The number of aryl methyl sites for hydroxylation is 1. The van der Waals surface area contributed by atoms with Crippen molar-refractivity contribution < 1.29 is 5.11 Å². The largest absolute Gasteiger partial charge is 0.494 e. The van der Waals surface area contributed by atoms with Crippen LogP contribution in [-0.4, -0.2) is 28.2 Å². The fraction of sp³-hybridized carbons (Fsp3) is 0.500. The van der Waals surface area contributed by atoms with Crippen LogP contribution in [-0.2, 0) is 26.1 Å². The number of rotatable bonds is 10. The van der Waals surface area contributed by atoms with Gasteiger partial charge in [-0.15, -0.1) is 11.3 Å². The maximum atomic E-state index is 13.6. The predicted molar refractivity (Wildman–Crippen MR) is 134 cm³/mol. The quantitative estimate of drug-likeness (QED) is 0.371. The molecule has 1 N–H and O–H groups in total. The van der Waals surface area contributed by atoms with E-state index in [1.165, 1.54) is 24.9 Å². The third kappa shape index (κ3) is 4.00. The zero-order chi connectivity index (χ0) is 24.4. The molecule has 0 radical (unpaired) electrons. The Morgan fingerprint density at radius 2 is 1.65 bits per heavy atom. The number of aromatic hydroxyl groups is 1. The molecule has 4 aromatic heterocycles. The number of hydrogen-bond donors (Lipinski definition) is 1. The van der Waals surface area contributed by atoms with Crippen LogP contribution in [0.2, 0.25) is 0 Å². The van der Waals surface area contributed by atoms with E-state index < -0.39 is 16.8 Å². The standard InChI is InChI=1S/C24H31N5O4S/c1-4-7-12-26-19-18(22(32)27(24(26)33)13-8-5-2)29-21(31)17(10-6-3)20(30)28(23(29)25-19)15-16-11-9-14-34-16/h9,11,14,30H,4-8,10,12-13,15H2,1-3H3. The number of unbranched alkanes of at least 4 members (excludes halogenated alkanes) is 2. The minimum atomic E-state index is -0.512. The molecule has 34 heavy (non-hydrogen) atoms. The van der Waals surface area contributed by atoms with Gasteiger partial charge in [-0.3, -0.25) is 23.3 Å². The van der Waals surface area contributed by atoms with Gasteiger partial charge >= 0.3 is 5.69 Å². The van der Waals surface area contributed by atoms with E-state index in [-0.39, 0.29) is 34.9 Å². The van der Waals surface area contributed by atoms with Gasteiger partial charge in [0.1, 0.15) is 0 Å². The molecule has 0 spiro atoms. The first-order valence-electron chi connectivity index (χ1n) is 12.0. The highest BCUT2D eigenvalue weighted by Crippen LogP contribution is 2.24. The van der Waals surface area contributed by atoms with Crippen molar-refractivity contribution in [2.45, 2.75) is 78.9 Å². The molecule has 0 unspecified atom stereocenters. The molecule has 0 aliphatic heterocycles. The van der Waals surface area contributed by atoms with Gasteiger partial charge in [0.25, 0.3) is 11.1 Å². The van der Waals surface area contributed by atoms with Crippen LogP contribution in [0.4, 0.5) is 0 Å². The summed E-state index contributed by atoms with van der Waals surface area (Å²) in [5.74, 6) is 0.0255. The van der Waals surface area contributed by atoms with E-state index >= 15 is 0 Å². The highest BCUT2D eigenvalue weighted by molar-refractivity contribution is 7.09. The van der Waals surface area contributed by atoms with Crippen molar-refractivity contribution in [2.75, 3.05) is 0 Å². The van der Waals surface area contributed by atoms with E-state index in [0.29, 0.717) is 32.4 Å². The van der Waals surface area contributed by atoms with E-state index in [1.54, 1.807) is 4.57 Å². The highest BCUT2D eigenvalue weighted by Gasteiger charge is 2.25. The molecule has 0 aromatic carbocycles. The predicted octanol–water partition coefficient (Wildman–Crippen LogP) is 3.34. The number of nitrogens with zero attached hydrogens (tertiary/aromatic N) is 5. The molecular formula is C24H31N5O4S. The summed E-state index contributed by atoms with van der Waals surface area (Å²) < 4.78 is 5.61. The second kappa shape index (κ2) is 10.0. The maximum Gasteiger partial charge on any atom is 0.332 e. The molecule has 0 bridgehead atoms. The molecule has 4 rings (SSSR count). The van der Waals surface area contributed by atoms with Crippen molar-refractivity contribution >= 4 is 28.3 Å². The SMILES string of the molecule is CCCCn1c(=O)c2c(nc3n(Cc4cccs4)c(O)c(CCC)c(=O)n23)n(CCCC)c1=O. The van der Waals surface area contributed by atoms with Gasteiger partial charge in [-0.05, 0) is 30.7 Å². The molecule has 0 aliphatic rings. The summed E-state index contributed by atoms with van der Waals surface area (Å²) >= 11 is 1.53. The monoisotopic (exact) mass is 485 g/mol. The van der Waals surface area contributed by atoms with Crippen LogP contribution in [0.3, 0.4) is 0 Å². The highest BCUT2D eigenvalue weighted by atomic mass is 32.1. The second-order valence-electron chi connectivity index (χ2n) is 8.54. The molecule has 10 heteroatoms. The summed E-state index contributed by atoms with van der Waals surface area (Å²) in [6.45, 7) is 6.94. The third-order valence-electron chi connectivity index (χ3n) is 6.10. The van der Waals surface area contributed by atoms with E-state index in [4.69, 9.17) is 0 Å². The summed E-state index contributed by atoms with van der Waals surface area (Å²) in [7, 11) is 0. The average molecular weight is 486 g/mol. The Hall–Kier alpha value is -3.14. The summed E-state index contributed by atoms with van der Waals surface area (Å²) in [6.07, 6.45) is 4.12. The van der Waals surface area contributed by atoms with Gasteiger partial charge in [-0.25, -0.2) is 9.20 Å². The minimum absolute atomic E-state index is 0.101. The van der Waals surface area contributed by atoms with Crippen LogP contribution in [0.1, 0.15) is 63.3 Å². The van der Waals surface area contributed by atoms with Gasteiger partial charge in [0.05, 0.1) is 12.1 Å². The number of aromatic nitrogens is 5. The van der Waals surface area contributed by atoms with Crippen LogP contribution in [0, 0.1) is 0 Å². The van der Waals surface area contributed by atoms with Gasteiger partial charge in [0.2, 0.25) is 11.7 Å². The molecule has 0 amide bonds. The van der Waals surface area contributed by atoms with Crippen LogP contribution in [0.25, 0.3) is 16.9 Å². The first-order chi connectivity index (χ1) is 16.4. The molecular weight excluding hydrogens is 454 g/mol. The molecule has 182 valence electrons. The smallest absolute Gasteiger partial charge is 0.332 e. The lowest BCUT2D eigenvalue weighted by molar-refractivity contribution is 0.411. The van der Waals surface area contributed by atoms with E-state index in [2.05, 4.69) is 4.98 Å². The normalized spacial score (nSPS) is 11.7. The van der Waals surface area contributed by atoms with Crippen molar-refractivity contribution in [3.05, 3.63) is 59.1 Å². The summed E-state index contributed by atoms with van der Waals surface area (Å²) in [5, 5.41) is 13.0. The Morgan fingerprint density at radius 1 is 0.941 bits per heavy atom. The lowest BCUT2D eigenvalue weighted by Crippen LogP contribution is -2.41. The van der Waals surface area contributed by atoms with Gasteiger partial charge < -0.3 is 5.11 Å². The topological polar surface area (TPSA) is 104 Å². The second-order valence-corrected chi connectivity index (χ2v) is 9.57. The molecule has 0 fully saturated rings. The fourth-order valence-corrected chi connectivity index (χ4v) is 4.99. The van der Waals surface area contributed by atoms with Crippen LogP contribution >= 0.6 is 11.3 Å². The first-order valence-corrected chi connectivity index (χ1v) is 12.8. The zero-order valence-corrected chi connectivity index (χ0v) is 20.7. The van der Waals surface area contributed by atoms with E-state index in [0.717, 1.165) is 24.1 Å². The molecule has 0 aliphatic carbocycles. The van der Waals surface area contributed by atoms with Crippen molar-refractivity contribution in [1.29, 1.82) is 0 Å². The van der Waals surface area contributed by atoms with Crippen molar-refractivity contribution in [3.63, 3.8) is 0 Å². The first kappa shape index (κ1) is 24.0. The van der Waals surface area contributed by atoms with Gasteiger partial charge in [-0.1, -0.05) is 46.1 Å². The van der Waals surface area contributed by atoms with Gasteiger partial charge in [-0.2, -0.15) is 4.98 Å². The Balaban J connectivity index is 2.16. The Labute approximate surface area is 200 Å². The van der Waals surface area contributed by atoms with Gasteiger partial charge in [0.15, 0.2) is 11.2 Å². The zero-order valence-electron chi connectivity index (χ0n) is 19.9. The number of hydrogen-bond acceptors (Lipinski definition) is 6. The third-order valence-corrected chi connectivity index (χ3v) is 6.96. The average Bonchev–Trinajstić information content (AvgIpc) is 3.47. The Kier molecular flexibility index (Phi) is 7.06. The minimum Gasteiger partial charge on any atom is -0.494 e. The Bertz CT molecular complexity index is 1490. The maximum absolute atomic E-state index is 13.6.